The van der Waals surface area contributed by atoms with Crippen LogP contribution >= 0.6 is 0 Å². The average molecular weight is 373 g/mol. The molecule has 3 rings (SSSR count). The van der Waals surface area contributed by atoms with Gasteiger partial charge in [-0.2, -0.15) is 0 Å². The first-order chi connectivity index (χ1) is 13.5. The summed E-state index contributed by atoms with van der Waals surface area (Å²) in [6, 6.07) is 17.4. The summed E-state index contributed by atoms with van der Waals surface area (Å²) < 4.78 is 2.38. The third-order valence-electron chi connectivity index (χ3n) is 5.82. The molecule has 0 saturated carbocycles. The molecule has 28 heavy (non-hydrogen) atoms. The Kier molecular flexibility index (Phi) is 6.18. The van der Waals surface area contributed by atoms with Crippen molar-refractivity contribution in [2.45, 2.75) is 60.3 Å². The molecule has 0 amide bonds. The topological polar surface area (TPSA) is 17.3 Å². The van der Waals surface area contributed by atoms with Gasteiger partial charge in [-0.05, 0) is 74.4 Å². The maximum Gasteiger partial charge on any atom is 0.0630 e. The minimum Gasteiger partial charge on any atom is -0.317 e. The first-order valence-electron chi connectivity index (χ1n) is 10.4. The van der Waals surface area contributed by atoms with Crippen LogP contribution in [0.15, 0.2) is 53.5 Å². The maximum absolute atomic E-state index is 4.74. The molecule has 0 radical (unpaired) electrons. The van der Waals surface area contributed by atoms with Crippen molar-refractivity contribution in [3.8, 4) is 5.69 Å². The SMILES string of the molecule is CCc1cccc(C)c1-n1c(C)cc(C=Nc2ccc([C@@H](C)CC)cc2)c1C. The molecule has 0 aliphatic carbocycles. The second kappa shape index (κ2) is 8.60. The lowest BCUT2D eigenvalue weighted by molar-refractivity contribution is 0.734. The smallest absolute Gasteiger partial charge is 0.0630 e. The number of hydrogen-bond donors (Lipinski definition) is 0. The van der Waals surface area contributed by atoms with E-state index in [-0.39, 0.29) is 0 Å². The van der Waals surface area contributed by atoms with E-state index in [1.165, 1.54) is 39.3 Å². The first-order valence-corrected chi connectivity index (χ1v) is 10.4. The second-order valence-corrected chi connectivity index (χ2v) is 7.76. The van der Waals surface area contributed by atoms with Gasteiger partial charge >= 0.3 is 0 Å². The van der Waals surface area contributed by atoms with E-state index in [1.807, 2.05) is 6.21 Å². The fourth-order valence-electron chi connectivity index (χ4n) is 3.86. The number of nitrogens with zero attached hydrogens (tertiary/aromatic N) is 2. The van der Waals surface area contributed by atoms with Crippen molar-refractivity contribution in [3.05, 3.63) is 82.2 Å². The zero-order valence-corrected chi connectivity index (χ0v) is 18.1. The number of rotatable bonds is 6. The molecule has 3 aromatic rings. The van der Waals surface area contributed by atoms with Crippen molar-refractivity contribution in [1.29, 1.82) is 0 Å². The van der Waals surface area contributed by atoms with Gasteiger partial charge in [-0.15, -0.1) is 0 Å². The van der Waals surface area contributed by atoms with E-state index in [2.05, 4.69) is 94.6 Å². The molecular weight excluding hydrogens is 340 g/mol. The molecule has 2 nitrogen and oxygen atoms in total. The van der Waals surface area contributed by atoms with Crippen LogP contribution in [0, 0.1) is 20.8 Å². The Bertz CT molecular complexity index is 974. The van der Waals surface area contributed by atoms with Crippen LogP contribution in [0.3, 0.4) is 0 Å². The normalized spacial score (nSPS) is 12.6. The van der Waals surface area contributed by atoms with Crippen LogP contribution in [0.1, 0.15) is 66.8 Å². The fraction of sp³-hybridized carbons (Fsp3) is 0.346. The van der Waals surface area contributed by atoms with Gasteiger partial charge in [-0.1, -0.05) is 51.1 Å². The van der Waals surface area contributed by atoms with Gasteiger partial charge in [-0.25, -0.2) is 0 Å². The molecule has 0 unspecified atom stereocenters. The van der Waals surface area contributed by atoms with Crippen molar-refractivity contribution < 1.29 is 0 Å². The lowest BCUT2D eigenvalue weighted by Crippen LogP contribution is -2.05. The monoisotopic (exact) mass is 372 g/mol. The summed E-state index contributed by atoms with van der Waals surface area (Å²) in [6.07, 6.45) is 4.19. The van der Waals surface area contributed by atoms with Gasteiger partial charge in [0.2, 0.25) is 0 Å². The summed E-state index contributed by atoms with van der Waals surface area (Å²) in [4.78, 5) is 4.74. The minimum absolute atomic E-state index is 0.596. The summed E-state index contributed by atoms with van der Waals surface area (Å²) in [5.41, 5.74) is 10.0. The van der Waals surface area contributed by atoms with Gasteiger partial charge in [-0.3, -0.25) is 4.99 Å². The van der Waals surface area contributed by atoms with Gasteiger partial charge in [0.1, 0.15) is 0 Å². The highest BCUT2D eigenvalue weighted by Crippen LogP contribution is 2.27. The Labute approximate surface area is 170 Å². The number of hydrogen-bond acceptors (Lipinski definition) is 1. The standard InChI is InChI=1S/C26H32N2/c1-7-18(3)23-12-14-25(15-13-23)27-17-24-16-20(5)28(21(24)6)26-19(4)10-9-11-22(26)8-2/h9-18H,7-8H2,1-6H3/t18-/m0/s1. The number of aliphatic imine (C=N–C) groups is 1. The Morgan fingerprint density at radius 2 is 1.71 bits per heavy atom. The highest BCUT2D eigenvalue weighted by molar-refractivity contribution is 5.84. The number of para-hydroxylation sites is 1. The third-order valence-corrected chi connectivity index (χ3v) is 5.82. The summed E-state index contributed by atoms with van der Waals surface area (Å²) in [6.45, 7) is 13.3. The molecule has 1 heterocycles. The molecule has 1 aromatic heterocycles. The molecule has 1 atom stereocenters. The van der Waals surface area contributed by atoms with E-state index >= 15 is 0 Å². The zero-order valence-electron chi connectivity index (χ0n) is 18.1. The van der Waals surface area contributed by atoms with Gasteiger partial charge in [0.15, 0.2) is 0 Å². The van der Waals surface area contributed by atoms with E-state index in [0.29, 0.717) is 5.92 Å². The van der Waals surface area contributed by atoms with Crippen LogP contribution in [0.25, 0.3) is 5.69 Å². The highest BCUT2D eigenvalue weighted by atomic mass is 15.0. The van der Waals surface area contributed by atoms with E-state index < -0.39 is 0 Å². The Morgan fingerprint density at radius 3 is 2.36 bits per heavy atom. The van der Waals surface area contributed by atoms with E-state index in [4.69, 9.17) is 4.99 Å². The van der Waals surface area contributed by atoms with Crippen molar-refractivity contribution in [1.82, 2.24) is 4.57 Å². The van der Waals surface area contributed by atoms with Crippen LogP contribution < -0.4 is 0 Å². The largest absolute Gasteiger partial charge is 0.317 e. The number of aryl methyl sites for hydroxylation is 3. The molecule has 0 spiro atoms. The Hall–Kier alpha value is -2.61. The van der Waals surface area contributed by atoms with Crippen LogP contribution in [-0.2, 0) is 6.42 Å². The predicted molar refractivity (Wildman–Crippen MR) is 122 cm³/mol. The molecule has 0 aliphatic heterocycles. The van der Waals surface area contributed by atoms with Crippen molar-refractivity contribution in [3.63, 3.8) is 0 Å². The Balaban J connectivity index is 1.94. The number of benzene rings is 2. The van der Waals surface area contributed by atoms with Crippen molar-refractivity contribution in [2.24, 2.45) is 4.99 Å². The quantitative estimate of drug-likeness (QED) is 0.406. The van der Waals surface area contributed by atoms with Crippen molar-refractivity contribution >= 4 is 11.9 Å². The highest BCUT2D eigenvalue weighted by Gasteiger charge is 2.14. The maximum atomic E-state index is 4.74. The van der Waals surface area contributed by atoms with Crippen molar-refractivity contribution in [2.75, 3.05) is 0 Å². The molecule has 2 aromatic carbocycles. The summed E-state index contributed by atoms with van der Waals surface area (Å²) in [5, 5.41) is 0. The molecule has 0 N–H and O–H groups in total. The van der Waals surface area contributed by atoms with Crippen LogP contribution in [0.4, 0.5) is 5.69 Å². The predicted octanol–water partition coefficient (Wildman–Crippen LogP) is 7.23. The molecule has 0 fully saturated rings. The third kappa shape index (κ3) is 3.96. The van der Waals surface area contributed by atoms with Gasteiger partial charge in [0.05, 0.1) is 11.4 Å². The lowest BCUT2D eigenvalue weighted by atomic mass is 9.99. The Morgan fingerprint density at radius 1 is 1.00 bits per heavy atom. The molecule has 2 heteroatoms. The molecule has 0 bridgehead atoms. The summed E-state index contributed by atoms with van der Waals surface area (Å²) in [7, 11) is 0. The average Bonchev–Trinajstić information content (AvgIpc) is 2.99. The molecule has 0 aliphatic rings. The van der Waals surface area contributed by atoms with Gasteiger partial charge in [0, 0.05) is 23.2 Å². The van der Waals surface area contributed by atoms with Gasteiger partial charge < -0.3 is 4.57 Å². The van der Waals surface area contributed by atoms with E-state index in [1.54, 1.807) is 0 Å². The van der Waals surface area contributed by atoms with Gasteiger partial charge in [0.25, 0.3) is 0 Å². The van der Waals surface area contributed by atoms with Crippen LogP contribution in [0.5, 0.6) is 0 Å². The van der Waals surface area contributed by atoms with Crippen LogP contribution in [-0.4, -0.2) is 10.8 Å². The van der Waals surface area contributed by atoms with Crippen LogP contribution in [0.2, 0.25) is 0 Å². The van der Waals surface area contributed by atoms with E-state index in [9.17, 15) is 0 Å². The van der Waals surface area contributed by atoms with E-state index in [0.717, 1.165) is 18.5 Å². The molecule has 0 saturated heterocycles. The number of aromatic nitrogens is 1. The lowest BCUT2D eigenvalue weighted by Gasteiger charge is -2.17. The second-order valence-electron chi connectivity index (χ2n) is 7.76. The minimum atomic E-state index is 0.596. The molecular formula is C26H32N2. The fourth-order valence-corrected chi connectivity index (χ4v) is 3.86. The summed E-state index contributed by atoms with van der Waals surface area (Å²) >= 11 is 0. The molecule has 146 valence electrons. The first kappa shape index (κ1) is 20.1. The zero-order chi connectivity index (χ0) is 20.3. The summed E-state index contributed by atoms with van der Waals surface area (Å²) in [5.74, 6) is 0.596.